The van der Waals surface area contributed by atoms with Crippen molar-refractivity contribution in [2.24, 2.45) is 0 Å². The summed E-state index contributed by atoms with van der Waals surface area (Å²) >= 11 is 1.32. The lowest BCUT2D eigenvalue weighted by molar-refractivity contribution is -0.142. The van der Waals surface area contributed by atoms with Gasteiger partial charge in [0.2, 0.25) is 0 Å². The van der Waals surface area contributed by atoms with Crippen molar-refractivity contribution in [2.75, 3.05) is 19.7 Å². The molecular formula is C16H20N4O3S. The maximum absolute atomic E-state index is 12.6. The highest BCUT2D eigenvalue weighted by atomic mass is 32.1. The topological polar surface area (TPSA) is 81.4 Å². The van der Waals surface area contributed by atoms with Crippen LogP contribution in [0.25, 0.3) is 10.6 Å². The lowest BCUT2D eigenvalue weighted by Gasteiger charge is -2.33. The molecule has 2 aliphatic rings. The number of aromatic nitrogens is 3. The fourth-order valence-electron chi connectivity index (χ4n) is 3.48. The number of likely N-dealkylation sites (tertiary alicyclic amines) is 1. The molecule has 0 radical (unpaired) electrons. The molecule has 7 nitrogen and oxygen atoms in total. The van der Waals surface area contributed by atoms with Crippen molar-refractivity contribution in [1.82, 2.24) is 19.6 Å². The van der Waals surface area contributed by atoms with Gasteiger partial charge in [0.25, 0.3) is 5.91 Å². The zero-order valence-electron chi connectivity index (χ0n) is 13.6. The molecule has 0 unspecified atom stereocenters. The van der Waals surface area contributed by atoms with E-state index in [1.165, 1.54) is 11.5 Å². The standard InChI is InChI=1S/C16H20N4O3S/c1-10-8-13(23-18-10)15-14(17-19-24-15)11-4-2-6-20(9-11)16(21)12-5-3-7-22-12/h8,11-12H,2-7,9H2,1H3/t11-,12+/m1/s1. The molecule has 0 bridgehead atoms. The Morgan fingerprint density at radius 3 is 3.04 bits per heavy atom. The number of rotatable bonds is 3. The van der Waals surface area contributed by atoms with Crippen LogP contribution in [0.3, 0.4) is 0 Å². The van der Waals surface area contributed by atoms with Crippen LogP contribution in [0.1, 0.15) is 43.0 Å². The monoisotopic (exact) mass is 348 g/mol. The van der Waals surface area contributed by atoms with Gasteiger partial charge in [-0.2, -0.15) is 0 Å². The van der Waals surface area contributed by atoms with Crippen LogP contribution in [0.4, 0.5) is 0 Å². The first-order chi connectivity index (χ1) is 11.7. The van der Waals surface area contributed by atoms with Gasteiger partial charge < -0.3 is 14.2 Å². The average Bonchev–Trinajstić information content (AvgIpc) is 3.35. The maximum atomic E-state index is 12.6. The summed E-state index contributed by atoms with van der Waals surface area (Å²) in [6.45, 7) is 4.05. The lowest BCUT2D eigenvalue weighted by atomic mass is 9.93. The molecule has 2 aliphatic heterocycles. The predicted molar refractivity (Wildman–Crippen MR) is 87.7 cm³/mol. The number of nitrogens with zero attached hydrogens (tertiary/aromatic N) is 4. The minimum atomic E-state index is -0.256. The van der Waals surface area contributed by atoms with Gasteiger partial charge in [-0.3, -0.25) is 4.79 Å². The third-order valence-electron chi connectivity index (χ3n) is 4.69. The predicted octanol–water partition coefficient (Wildman–Crippen LogP) is 2.39. The zero-order chi connectivity index (χ0) is 16.5. The average molecular weight is 348 g/mol. The number of aryl methyl sites for hydroxylation is 1. The van der Waals surface area contributed by atoms with Crippen LogP contribution in [0.2, 0.25) is 0 Å². The fraction of sp³-hybridized carbons (Fsp3) is 0.625. The Hall–Kier alpha value is -1.80. The Bertz CT molecular complexity index is 722. The summed E-state index contributed by atoms with van der Waals surface area (Å²) in [5, 5.41) is 8.28. The SMILES string of the molecule is Cc1cc(-c2snnc2[C@@H]2CCCN(C(=O)[C@@H]3CCCO3)C2)on1. The second-order valence-corrected chi connectivity index (χ2v) is 7.20. The Balaban J connectivity index is 1.52. The molecule has 0 N–H and O–H groups in total. The normalized spacial score (nSPS) is 24.5. The van der Waals surface area contributed by atoms with Crippen molar-refractivity contribution in [3.05, 3.63) is 17.5 Å². The number of hydrogen-bond donors (Lipinski definition) is 0. The van der Waals surface area contributed by atoms with E-state index in [4.69, 9.17) is 9.26 Å². The van der Waals surface area contributed by atoms with E-state index in [0.717, 1.165) is 48.5 Å². The van der Waals surface area contributed by atoms with Gasteiger partial charge in [-0.1, -0.05) is 9.64 Å². The summed E-state index contributed by atoms with van der Waals surface area (Å²) in [5.74, 6) is 1.01. The molecule has 2 aromatic heterocycles. The summed E-state index contributed by atoms with van der Waals surface area (Å²) in [7, 11) is 0. The molecule has 0 saturated carbocycles. The van der Waals surface area contributed by atoms with Crippen molar-refractivity contribution in [1.29, 1.82) is 0 Å². The smallest absolute Gasteiger partial charge is 0.251 e. The Kier molecular flexibility index (Phi) is 4.32. The van der Waals surface area contributed by atoms with Gasteiger partial charge in [-0.05, 0) is 44.1 Å². The fourth-order valence-corrected chi connectivity index (χ4v) is 4.18. The van der Waals surface area contributed by atoms with Gasteiger partial charge >= 0.3 is 0 Å². The second kappa shape index (κ2) is 6.60. The van der Waals surface area contributed by atoms with Crippen LogP contribution >= 0.6 is 11.5 Å². The molecule has 0 aromatic carbocycles. The quantitative estimate of drug-likeness (QED) is 0.847. The highest BCUT2D eigenvalue weighted by molar-refractivity contribution is 7.09. The number of piperidine rings is 1. The van der Waals surface area contributed by atoms with Crippen LogP contribution < -0.4 is 0 Å². The molecule has 4 rings (SSSR count). The van der Waals surface area contributed by atoms with Gasteiger partial charge in [0.05, 0.1) is 11.4 Å². The highest BCUT2D eigenvalue weighted by Gasteiger charge is 2.34. The number of ether oxygens (including phenoxy) is 1. The molecule has 8 heteroatoms. The summed E-state index contributed by atoms with van der Waals surface area (Å²) < 4.78 is 15.0. The summed E-state index contributed by atoms with van der Waals surface area (Å²) in [5.41, 5.74) is 1.75. The van der Waals surface area contributed by atoms with E-state index in [1.54, 1.807) is 0 Å². The van der Waals surface area contributed by atoms with E-state index in [1.807, 2.05) is 17.9 Å². The first-order valence-corrected chi connectivity index (χ1v) is 9.16. The number of amides is 1. The third-order valence-corrected chi connectivity index (χ3v) is 5.45. The van der Waals surface area contributed by atoms with Crippen LogP contribution in [-0.4, -0.2) is 51.4 Å². The van der Waals surface area contributed by atoms with E-state index in [9.17, 15) is 4.79 Å². The zero-order valence-corrected chi connectivity index (χ0v) is 14.4. The largest absolute Gasteiger partial charge is 0.368 e. The highest BCUT2D eigenvalue weighted by Crippen LogP contribution is 2.36. The molecule has 128 valence electrons. The van der Waals surface area contributed by atoms with Crippen molar-refractivity contribution < 1.29 is 14.1 Å². The molecule has 4 heterocycles. The second-order valence-electron chi connectivity index (χ2n) is 6.44. The van der Waals surface area contributed by atoms with Gasteiger partial charge in [0, 0.05) is 31.7 Å². The summed E-state index contributed by atoms with van der Waals surface area (Å²) in [4.78, 5) is 15.5. The molecule has 1 amide bonds. The van der Waals surface area contributed by atoms with E-state index in [0.29, 0.717) is 18.9 Å². The number of carbonyl (C=O) groups is 1. The Morgan fingerprint density at radius 1 is 1.38 bits per heavy atom. The molecular weight excluding hydrogens is 328 g/mol. The Labute approximate surface area is 144 Å². The molecule has 0 aliphatic carbocycles. The first-order valence-electron chi connectivity index (χ1n) is 8.38. The third kappa shape index (κ3) is 2.95. The molecule has 0 spiro atoms. The van der Waals surface area contributed by atoms with Crippen molar-refractivity contribution in [3.63, 3.8) is 0 Å². The minimum absolute atomic E-state index is 0.123. The van der Waals surface area contributed by atoms with Crippen LogP contribution in [0.5, 0.6) is 0 Å². The van der Waals surface area contributed by atoms with Crippen LogP contribution in [0.15, 0.2) is 10.6 Å². The Morgan fingerprint density at radius 2 is 2.29 bits per heavy atom. The molecule has 2 fully saturated rings. The molecule has 2 atom stereocenters. The number of carbonyl (C=O) groups excluding carboxylic acids is 1. The van der Waals surface area contributed by atoms with Gasteiger partial charge in [-0.15, -0.1) is 5.10 Å². The molecule has 2 aromatic rings. The van der Waals surface area contributed by atoms with E-state index in [2.05, 4.69) is 14.7 Å². The van der Waals surface area contributed by atoms with Crippen molar-refractivity contribution in [2.45, 2.75) is 44.6 Å². The van der Waals surface area contributed by atoms with Crippen molar-refractivity contribution in [3.8, 4) is 10.6 Å². The van der Waals surface area contributed by atoms with E-state index < -0.39 is 0 Å². The minimum Gasteiger partial charge on any atom is -0.368 e. The van der Waals surface area contributed by atoms with Gasteiger partial charge in [0.15, 0.2) is 5.76 Å². The number of hydrogen-bond acceptors (Lipinski definition) is 7. The van der Waals surface area contributed by atoms with Gasteiger partial charge in [-0.25, -0.2) is 0 Å². The molecule has 24 heavy (non-hydrogen) atoms. The lowest BCUT2D eigenvalue weighted by Crippen LogP contribution is -2.44. The maximum Gasteiger partial charge on any atom is 0.251 e. The van der Waals surface area contributed by atoms with Crippen LogP contribution in [0, 0.1) is 6.92 Å². The van der Waals surface area contributed by atoms with Crippen molar-refractivity contribution >= 4 is 17.4 Å². The summed E-state index contributed by atoms with van der Waals surface area (Å²) in [6.07, 6.45) is 3.52. The van der Waals surface area contributed by atoms with Gasteiger partial charge in [0.1, 0.15) is 11.0 Å². The first kappa shape index (κ1) is 15.7. The van der Waals surface area contributed by atoms with Crippen LogP contribution in [-0.2, 0) is 9.53 Å². The molecule has 2 saturated heterocycles. The summed E-state index contributed by atoms with van der Waals surface area (Å²) in [6, 6.07) is 1.90. The van der Waals surface area contributed by atoms with E-state index >= 15 is 0 Å². The van der Waals surface area contributed by atoms with E-state index in [-0.39, 0.29) is 17.9 Å².